The lowest BCUT2D eigenvalue weighted by Gasteiger charge is -2.32. The molecule has 0 spiro atoms. The monoisotopic (exact) mass is 435 g/mol. The molecule has 1 saturated heterocycles. The summed E-state index contributed by atoms with van der Waals surface area (Å²) < 4.78 is 0.895. The molecule has 2 aromatic carbocycles. The van der Waals surface area contributed by atoms with Crippen molar-refractivity contribution in [2.75, 3.05) is 38.5 Å². The molecule has 0 saturated carbocycles. The van der Waals surface area contributed by atoms with Crippen LogP contribution in [0, 0.1) is 0 Å². The Balaban J connectivity index is 1.76. The maximum absolute atomic E-state index is 12.7. The summed E-state index contributed by atoms with van der Waals surface area (Å²) in [6.07, 6.45) is 0. The van der Waals surface area contributed by atoms with E-state index in [2.05, 4.69) is 26.1 Å². The molecule has 7 heteroatoms. The predicted molar refractivity (Wildman–Crippen MR) is 107 cm³/mol. The minimum Gasteiger partial charge on any atom is -0.336 e. The lowest BCUT2D eigenvalue weighted by molar-refractivity contribution is 0.0664. The van der Waals surface area contributed by atoms with Gasteiger partial charge in [0.15, 0.2) is 0 Å². The number of likely N-dealkylation sites (N-methyl/N-ethyl adjacent to an activating group) is 1. The van der Waals surface area contributed by atoms with Crippen LogP contribution in [-0.2, 0) is 0 Å². The average Bonchev–Trinajstić information content (AvgIpc) is 2.64. The van der Waals surface area contributed by atoms with Crippen LogP contribution < -0.4 is 5.32 Å². The molecule has 1 heterocycles. The highest BCUT2D eigenvalue weighted by atomic mass is 79.9. The quantitative estimate of drug-likeness (QED) is 0.797. The Morgan fingerprint density at radius 3 is 2.27 bits per heavy atom. The molecule has 0 radical (unpaired) electrons. The molecule has 1 fully saturated rings. The van der Waals surface area contributed by atoms with Gasteiger partial charge in [-0.1, -0.05) is 27.5 Å². The molecular formula is C19H19BrClN3O2. The highest BCUT2D eigenvalue weighted by Crippen LogP contribution is 2.25. The van der Waals surface area contributed by atoms with Crippen molar-refractivity contribution >= 4 is 45.0 Å². The molecule has 1 aliphatic rings. The Labute approximate surface area is 166 Å². The third-order valence-corrected chi connectivity index (χ3v) is 5.22. The Morgan fingerprint density at radius 2 is 1.62 bits per heavy atom. The lowest BCUT2D eigenvalue weighted by atomic mass is 10.1. The summed E-state index contributed by atoms with van der Waals surface area (Å²) in [5.74, 6) is -0.322. The normalized spacial score (nSPS) is 15.0. The molecule has 2 amide bonds. The fourth-order valence-electron chi connectivity index (χ4n) is 2.74. The van der Waals surface area contributed by atoms with E-state index in [9.17, 15) is 9.59 Å². The summed E-state index contributed by atoms with van der Waals surface area (Å²) >= 11 is 9.55. The van der Waals surface area contributed by atoms with E-state index >= 15 is 0 Å². The number of nitrogens with zero attached hydrogens (tertiary/aromatic N) is 2. The maximum Gasteiger partial charge on any atom is 0.255 e. The summed E-state index contributed by atoms with van der Waals surface area (Å²) in [7, 11) is 2.04. The minimum atomic E-state index is -0.274. The highest BCUT2D eigenvalue weighted by Gasteiger charge is 2.21. The summed E-state index contributed by atoms with van der Waals surface area (Å²) in [4.78, 5) is 29.1. The zero-order valence-corrected chi connectivity index (χ0v) is 16.7. The van der Waals surface area contributed by atoms with Crippen LogP contribution >= 0.6 is 27.5 Å². The van der Waals surface area contributed by atoms with E-state index in [1.807, 2.05) is 11.9 Å². The molecule has 2 aromatic rings. The van der Waals surface area contributed by atoms with Gasteiger partial charge in [0.25, 0.3) is 11.8 Å². The van der Waals surface area contributed by atoms with Gasteiger partial charge in [0.1, 0.15) is 0 Å². The van der Waals surface area contributed by atoms with Gasteiger partial charge in [0, 0.05) is 41.8 Å². The van der Waals surface area contributed by atoms with Crippen molar-refractivity contribution in [3.8, 4) is 0 Å². The molecular weight excluding hydrogens is 418 g/mol. The second kappa shape index (κ2) is 8.20. The van der Waals surface area contributed by atoms with E-state index in [0.29, 0.717) is 34.9 Å². The zero-order valence-electron chi connectivity index (χ0n) is 14.3. The van der Waals surface area contributed by atoms with Crippen LogP contribution in [-0.4, -0.2) is 54.8 Å². The maximum atomic E-state index is 12.7. The number of anilines is 1. The standard InChI is InChI=1S/C19H19BrClN3O2/c1-23-8-10-24(11-9-23)19(26)14-4-7-16(21)17(12-14)22-18(25)13-2-5-15(20)6-3-13/h2-7,12H,8-11H2,1H3,(H,22,25). The van der Waals surface area contributed by atoms with Crippen molar-refractivity contribution in [1.29, 1.82) is 0 Å². The van der Waals surface area contributed by atoms with Crippen molar-refractivity contribution in [2.45, 2.75) is 0 Å². The smallest absolute Gasteiger partial charge is 0.255 e. The Kier molecular flexibility index (Phi) is 5.96. The average molecular weight is 437 g/mol. The number of hydrogen-bond acceptors (Lipinski definition) is 3. The van der Waals surface area contributed by atoms with E-state index in [-0.39, 0.29) is 11.8 Å². The van der Waals surface area contributed by atoms with Crippen LogP contribution in [0.4, 0.5) is 5.69 Å². The topological polar surface area (TPSA) is 52.6 Å². The summed E-state index contributed by atoms with van der Waals surface area (Å²) in [5, 5.41) is 3.18. The third-order valence-electron chi connectivity index (χ3n) is 4.36. The first-order valence-corrected chi connectivity index (χ1v) is 9.45. The molecule has 0 atom stereocenters. The number of hydrogen-bond donors (Lipinski definition) is 1. The lowest BCUT2D eigenvalue weighted by Crippen LogP contribution is -2.47. The Hall–Kier alpha value is -1.89. The van der Waals surface area contributed by atoms with Crippen molar-refractivity contribution in [3.63, 3.8) is 0 Å². The predicted octanol–water partition coefficient (Wildman–Crippen LogP) is 3.74. The first kappa shape index (κ1) is 18.9. The van der Waals surface area contributed by atoms with Gasteiger partial charge in [-0.2, -0.15) is 0 Å². The second-order valence-corrected chi connectivity index (χ2v) is 7.57. The fourth-order valence-corrected chi connectivity index (χ4v) is 3.17. The van der Waals surface area contributed by atoms with Gasteiger partial charge in [-0.3, -0.25) is 9.59 Å². The molecule has 0 bridgehead atoms. The molecule has 136 valence electrons. The van der Waals surface area contributed by atoms with Crippen LogP contribution in [0.15, 0.2) is 46.9 Å². The van der Waals surface area contributed by atoms with Crippen molar-refractivity contribution in [2.24, 2.45) is 0 Å². The molecule has 26 heavy (non-hydrogen) atoms. The zero-order chi connectivity index (χ0) is 18.7. The number of carbonyl (C=O) groups excluding carboxylic acids is 2. The Morgan fingerprint density at radius 1 is 1.00 bits per heavy atom. The van der Waals surface area contributed by atoms with E-state index < -0.39 is 0 Å². The van der Waals surface area contributed by atoms with Gasteiger partial charge in [0.2, 0.25) is 0 Å². The first-order valence-electron chi connectivity index (χ1n) is 8.28. The summed E-state index contributed by atoms with van der Waals surface area (Å²) in [6.45, 7) is 3.09. The molecule has 1 N–H and O–H groups in total. The molecule has 0 aliphatic carbocycles. The van der Waals surface area contributed by atoms with Crippen LogP contribution in [0.5, 0.6) is 0 Å². The van der Waals surface area contributed by atoms with E-state index in [4.69, 9.17) is 11.6 Å². The van der Waals surface area contributed by atoms with Gasteiger partial charge >= 0.3 is 0 Å². The van der Waals surface area contributed by atoms with Gasteiger partial charge in [-0.25, -0.2) is 0 Å². The number of rotatable bonds is 3. The van der Waals surface area contributed by atoms with Crippen LogP contribution in [0.1, 0.15) is 20.7 Å². The molecule has 3 rings (SSSR count). The summed E-state index contributed by atoms with van der Waals surface area (Å²) in [6, 6.07) is 12.0. The van der Waals surface area contributed by atoms with E-state index in [1.54, 1.807) is 42.5 Å². The number of carbonyl (C=O) groups is 2. The fraction of sp³-hybridized carbons (Fsp3) is 0.263. The van der Waals surface area contributed by atoms with Crippen LogP contribution in [0.3, 0.4) is 0 Å². The minimum absolute atomic E-state index is 0.0473. The van der Waals surface area contributed by atoms with E-state index in [1.165, 1.54) is 0 Å². The van der Waals surface area contributed by atoms with E-state index in [0.717, 1.165) is 17.6 Å². The van der Waals surface area contributed by atoms with Gasteiger partial charge in [0.05, 0.1) is 10.7 Å². The Bertz CT molecular complexity index is 818. The van der Waals surface area contributed by atoms with Crippen molar-refractivity contribution in [3.05, 3.63) is 63.1 Å². The summed E-state index contributed by atoms with van der Waals surface area (Å²) in [5.41, 5.74) is 1.46. The third kappa shape index (κ3) is 4.44. The molecule has 1 aliphatic heterocycles. The van der Waals surface area contributed by atoms with Crippen LogP contribution in [0.25, 0.3) is 0 Å². The number of halogens is 2. The second-order valence-electron chi connectivity index (χ2n) is 6.25. The van der Waals surface area contributed by atoms with Gasteiger partial charge in [-0.15, -0.1) is 0 Å². The number of nitrogens with one attached hydrogen (secondary N) is 1. The highest BCUT2D eigenvalue weighted by molar-refractivity contribution is 9.10. The molecule has 0 aromatic heterocycles. The van der Waals surface area contributed by atoms with Crippen molar-refractivity contribution in [1.82, 2.24) is 9.80 Å². The molecule has 0 unspecified atom stereocenters. The van der Waals surface area contributed by atoms with Crippen LogP contribution in [0.2, 0.25) is 5.02 Å². The first-order chi connectivity index (χ1) is 12.4. The van der Waals surface area contributed by atoms with Gasteiger partial charge < -0.3 is 15.1 Å². The van der Waals surface area contributed by atoms with Gasteiger partial charge in [-0.05, 0) is 49.5 Å². The van der Waals surface area contributed by atoms with Crippen molar-refractivity contribution < 1.29 is 9.59 Å². The largest absolute Gasteiger partial charge is 0.336 e. The molecule has 5 nitrogen and oxygen atoms in total. The number of benzene rings is 2. The number of amides is 2. The number of piperazine rings is 1. The SMILES string of the molecule is CN1CCN(C(=O)c2ccc(Cl)c(NC(=O)c3ccc(Br)cc3)c2)CC1.